The van der Waals surface area contributed by atoms with Crippen molar-refractivity contribution in [3.8, 4) is 5.69 Å². The normalized spacial score (nSPS) is 14.0. The quantitative estimate of drug-likeness (QED) is 0.673. The summed E-state index contributed by atoms with van der Waals surface area (Å²) in [7, 11) is 0. The van der Waals surface area contributed by atoms with E-state index in [4.69, 9.17) is 0 Å². The number of anilines is 1. The summed E-state index contributed by atoms with van der Waals surface area (Å²) in [5.41, 5.74) is 2.81. The second kappa shape index (κ2) is 9.68. The lowest BCUT2D eigenvalue weighted by molar-refractivity contribution is 0.102. The maximum Gasteiger partial charge on any atom is 0.278 e. The van der Waals surface area contributed by atoms with Crippen LogP contribution in [0.15, 0.2) is 43.0 Å². The highest BCUT2D eigenvalue weighted by Crippen LogP contribution is 2.21. The first-order valence-electron chi connectivity index (χ1n) is 8.74. The van der Waals surface area contributed by atoms with Crippen LogP contribution in [0.5, 0.6) is 0 Å². The van der Waals surface area contributed by atoms with Crippen molar-refractivity contribution in [3.05, 3.63) is 54.4 Å². The van der Waals surface area contributed by atoms with E-state index in [0.29, 0.717) is 17.4 Å². The number of hydrogen-bond donors (Lipinski definition) is 2. The summed E-state index contributed by atoms with van der Waals surface area (Å²) < 4.78 is 3.77. The fourth-order valence-electron chi connectivity index (χ4n) is 3.30. The molecule has 0 atom stereocenters. The van der Waals surface area contributed by atoms with E-state index in [1.165, 1.54) is 0 Å². The van der Waals surface area contributed by atoms with E-state index in [2.05, 4.69) is 25.9 Å². The van der Waals surface area contributed by atoms with Gasteiger partial charge in [0.1, 0.15) is 0 Å². The van der Waals surface area contributed by atoms with Crippen LogP contribution in [0, 0.1) is 6.92 Å². The number of carbonyl (C=O) groups excluding carboxylic acids is 1. The van der Waals surface area contributed by atoms with Gasteiger partial charge in [-0.15, -0.1) is 29.9 Å². The van der Waals surface area contributed by atoms with E-state index in [9.17, 15) is 4.79 Å². The molecule has 0 bridgehead atoms. The van der Waals surface area contributed by atoms with Gasteiger partial charge in [0.2, 0.25) is 0 Å². The molecule has 3 aromatic rings. The lowest BCUT2D eigenvalue weighted by atomic mass is 10.1. The summed E-state index contributed by atoms with van der Waals surface area (Å²) >= 11 is 0. The smallest absolute Gasteiger partial charge is 0.278 e. The Labute approximate surface area is 175 Å². The van der Waals surface area contributed by atoms with Crippen molar-refractivity contribution >= 4 is 36.4 Å². The molecular formula is C18H23Cl2N7O. The highest BCUT2D eigenvalue weighted by Gasteiger charge is 2.23. The first-order valence-corrected chi connectivity index (χ1v) is 8.74. The van der Waals surface area contributed by atoms with Crippen LogP contribution in [0.2, 0.25) is 0 Å². The summed E-state index contributed by atoms with van der Waals surface area (Å²) in [4.78, 5) is 16.7. The molecule has 1 aromatic carbocycles. The average molecular weight is 424 g/mol. The molecule has 0 saturated carbocycles. The molecule has 0 unspecified atom stereocenters. The number of amides is 1. The van der Waals surface area contributed by atoms with E-state index in [1.54, 1.807) is 12.5 Å². The lowest BCUT2D eigenvalue weighted by Gasteiger charge is -2.23. The number of rotatable bonds is 4. The van der Waals surface area contributed by atoms with Crippen LogP contribution in [0.1, 0.15) is 35.1 Å². The maximum absolute atomic E-state index is 12.7. The topological polar surface area (TPSA) is 89.7 Å². The summed E-state index contributed by atoms with van der Waals surface area (Å²) in [5.74, 6) is -0.245. The van der Waals surface area contributed by atoms with Gasteiger partial charge in [0.05, 0.1) is 18.1 Å². The number of benzene rings is 1. The van der Waals surface area contributed by atoms with Crippen LogP contribution in [0.3, 0.4) is 0 Å². The molecule has 8 nitrogen and oxygen atoms in total. The largest absolute Gasteiger partial charge is 0.320 e. The van der Waals surface area contributed by atoms with Crippen LogP contribution in [0.25, 0.3) is 5.69 Å². The highest BCUT2D eigenvalue weighted by molar-refractivity contribution is 6.03. The van der Waals surface area contributed by atoms with Crippen molar-refractivity contribution in [2.45, 2.75) is 25.8 Å². The molecule has 3 heterocycles. The minimum atomic E-state index is -0.245. The zero-order valence-corrected chi connectivity index (χ0v) is 17.0. The zero-order valence-electron chi connectivity index (χ0n) is 15.4. The predicted octanol–water partition coefficient (Wildman–Crippen LogP) is 2.79. The van der Waals surface area contributed by atoms with Crippen molar-refractivity contribution in [2.24, 2.45) is 0 Å². The number of imidazole rings is 1. The Morgan fingerprint density at radius 3 is 2.75 bits per heavy atom. The van der Waals surface area contributed by atoms with Gasteiger partial charge < -0.3 is 15.2 Å². The fraction of sp³-hybridized carbons (Fsp3) is 0.333. The Kier molecular flexibility index (Phi) is 7.56. The van der Waals surface area contributed by atoms with Crippen LogP contribution < -0.4 is 10.6 Å². The number of nitrogens with zero attached hydrogens (tertiary/aromatic N) is 5. The average Bonchev–Trinajstić information content (AvgIpc) is 3.32. The predicted molar refractivity (Wildman–Crippen MR) is 112 cm³/mol. The van der Waals surface area contributed by atoms with Crippen LogP contribution in [0.4, 0.5) is 5.69 Å². The van der Waals surface area contributed by atoms with Crippen molar-refractivity contribution in [1.29, 1.82) is 0 Å². The van der Waals surface area contributed by atoms with Crippen LogP contribution >= 0.6 is 24.8 Å². The van der Waals surface area contributed by atoms with E-state index in [0.717, 1.165) is 37.3 Å². The number of halogens is 2. The summed E-state index contributed by atoms with van der Waals surface area (Å²) in [6.45, 7) is 3.83. The Morgan fingerprint density at radius 1 is 1.25 bits per heavy atom. The maximum atomic E-state index is 12.7. The van der Waals surface area contributed by atoms with Crippen LogP contribution in [-0.4, -0.2) is 43.5 Å². The second-order valence-corrected chi connectivity index (χ2v) is 6.42. The Bertz CT molecular complexity index is 905. The zero-order chi connectivity index (χ0) is 17.9. The Balaban J connectivity index is 0.00000140. The summed E-state index contributed by atoms with van der Waals surface area (Å²) in [5, 5.41) is 14.6. The standard InChI is InChI=1S/C18H21N7O.2ClH/c1-13-17(22-23-25(13)15-5-7-19-8-6-15)18(26)21-14-3-2-4-16(11-14)24-10-9-20-12-24;;/h2-4,9-12,15,19H,5-8H2,1H3,(H,21,26);2*1H. The van der Waals surface area contributed by atoms with Crippen LogP contribution in [-0.2, 0) is 0 Å². The minimum absolute atomic E-state index is 0. The summed E-state index contributed by atoms with van der Waals surface area (Å²) in [6.07, 6.45) is 7.29. The van der Waals surface area contributed by atoms with Crippen molar-refractivity contribution in [2.75, 3.05) is 18.4 Å². The Morgan fingerprint density at radius 2 is 2.04 bits per heavy atom. The number of hydrogen-bond acceptors (Lipinski definition) is 5. The van der Waals surface area contributed by atoms with Crippen molar-refractivity contribution < 1.29 is 4.79 Å². The van der Waals surface area contributed by atoms with Gasteiger partial charge in [-0.1, -0.05) is 11.3 Å². The third kappa shape index (κ3) is 4.52. The van der Waals surface area contributed by atoms with Gasteiger partial charge in [0, 0.05) is 23.8 Å². The number of piperidine rings is 1. The minimum Gasteiger partial charge on any atom is -0.320 e. The molecule has 0 aliphatic carbocycles. The molecule has 1 amide bonds. The monoisotopic (exact) mass is 423 g/mol. The molecule has 0 spiro atoms. The SMILES string of the molecule is Cc1c(C(=O)Nc2cccc(-n3ccnc3)c2)nnn1C1CCNCC1.Cl.Cl. The molecular weight excluding hydrogens is 401 g/mol. The van der Waals surface area contributed by atoms with Gasteiger partial charge in [-0.05, 0) is 51.1 Å². The first-order chi connectivity index (χ1) is 12.7. The molecule has 10 heteroatoms. The molecule has 1 aliphatic rings. The Hall–Kier alpha value is -2.42. The lowest BCUT2D eigenvalue weighted by Crippen LogP contribution is -2.30. The molecule has 1 aliphatic heterocycles. The van der Waals surface area contributed by atoms with E-state index in [1.807, 2.05) is 46.6 Å². The molecule has 1 saturated heterocycles. The van der Waals surface area contributed by atoms with Gasteiger partial charge in [-0.25, -0.2) is 9.67 Å². The molecule has 150 valence electrons. The molecule has 28 heavy (non-hydrogen) atoms. The molecule has 1 fully saturated rings. The molecule has 0 radical (unpaired) electrons. The third-order valence-electron chi connectivity index (χ3n) is 4.70. The van der Waals surface area contributed by atoms with Gasteiger partial charge in [0.25, 0.3) is 5.91 Å². The van der Waals surface area contributed by atoms with Gasteiger partial charge in [-0.3, -0.25) is 4.79 Å². The summed E-state index contributed by atoms with van der Waals surface area (Å²) in [6, 6.07) is 7.89. The van der Waals surface area contributed by atoms with E-state index >= 15 is 0 Å². The number of aromatic nitrogens is 5. The fourth-order valence-corrected chi connectivity index (χ4v) is 3.30. The van der Waals surface area contributed by atoms with E-state index < -0.39 is 0 Å². The molecule has 2 N–H and O–H groups in total. The van der Waals surface area contributed by atoms with E-state index in [-0.39, 0.29) is 30.7 Å². The highest BCUT2D eigenvalue weighted by atomic mass is 35.5. The van der Waals surface area contributed by atoms with Crippen molar-refractivity contribution in [1.82, 2.24) is 29.9 Å². The first kappa shape index (κ1) is 21.9. The number of carbonyl (C=O) groups is 1. The van der Waals surface area contributed by atoms with Gasteiger partial charge in [-0.2, -0.15) is 0 Å². The number of nitrogens with one attached hydrogen (secondary N) is 2. The molecule has 4 rings (SSSR count). The second-order valence-electron chi connectivity index (χ2n) is 6.42. The van der Waals surface area contributed by atoms with Gasteiger partial charge in [0.15, 0.2) is 5.69 Å². The third-order valence-corrected chi connectivity index (χ3v) is 4.70. The van der Waals surface area contributed by atoms with Crippen molar-refractivity contribution in [3.63, 3.8) is 0 Å². The van der Waals surface area contributed by atoms with Gasteiger partial charge >= 0.3 is 0 Å². The molecule has 2 aromatic heterocycles.